The third-order valence-electron chi connectivity index (χ3n) is 9.77. The van der Waals surface area contributed by atoms with Crippen LogP contribution in [0.15, 0.2) is 121 Å². The van der Waals surface area contributed by atoms with Crippen molar-refractivity contribution in [1.82, 2.24) is 0 Å². The quantitative estimate of drug-likeness (QED) is 0.144. The molecular weight excluding hydrogens is 670 g/mol. The summed E-state index contributed by atoms with van der Waals surface area (Å²) in [7, 11) is 0. The van der Waals surface area contributed by atoms with Gasteiger partial charge in [0.1, 0.15) is 30.5 Å². The summed E-state index contributed by atoms with van der Waals surface area (Å²) in [4.78, 5) is 0. The molecule has 4 aromatic carbocycles. The minimum atomic E-state index is -1.31. The lowest BCUT2D eigenvalue weighted by atomic mass is 9.91. The molecule has 4 heterocycles. The highest BCUT2D eigenvalue weighted by atomic mass is 16.9. The van der Waals surface area contributed by atoms with Gasteiger partial charge in [0.15, 0.2) is 0 Å². The lowest BCUT2D eigenvalue weighted by Gasteiger charge is -2.52. The predicted molar refractivity (Wildman–Crippen MR) is 199 cm³/mol. The minimum Gasteiger partial charge on any atom is -0.374 e. The Balaban J connectivity index is 1.17. The predicted octanol–water partition coefficient (Wildman–Crippen LogP) is 6.18. The Kier molecular flexibility index (Phi) is 12.7. The summed E-state index contributed by atoms with van der Waals surface area (Å²) in [6, 6.07) is 39.6. The zero-order valence-corrected chi connectivity index (χ0v) is 30.2. The molecule has 2 bridgehead atoms. The molecule has 4 aliphatic heterocycles. The zero-order chi connectivity index (χ0) is 36.4. The van der Waals surface area contributed by atoms with E-state index in [1.165, 1.54) is 0 Å². The van der Waals surface area contributed by atoms with E-state index in [0.717, 1.165) is 22.3 Å². The average Bonchev–Trinajstić information content (AvgIpc) is 3.21. The first-order valence-electron chi connectivity index (χ1n) is 18.4. The average molecular weight is 720 g/mol. The zero-order valence-electron chi connectivity index (χ0n) is 30.2. The van der Waals surface area contributed by atoms with Crippen molar-refractivity contribution in [2.45, 2.75) is 82.3 Å². The Hall–Kier alpha value is -3.92. The van der Waals surface area contributed by atoms with Crippen molar-refractivity contribution in [3.05, 3.63) is 144 Å². The molecule has 4 fully saturated rings. The monoisotopic (exact) mass is 719 g/mol. The van der Waals surface area contributed by atoms with E-state index in [4.69, 9.17) is 43.6 Å². The second-order valence-electron chi connectivity index (χ2n) is 14.3. The summed E-state index contributed by atoms with van der Waals surface area (Å²) in [5.41, 5.74) is 10.6. The summed E-state index contributed by atoms with van der Waals surface area (Å²) in [6.45, 7) is 5.33. The summed E-state index contributed by atoms with van der Waals surface area (Å²) < 4.78 is 51.5. The number of hydrogen-bond donors (Lipinski definition) is 1. The van der Waals surface area contributed by atoms with Crippen LogP contribution in [0.3, 0.4) is 0 Å². The highest BCUT2D eigenvalue weighted by molar-refractivity contribution is 5.19. The molecule has 0 unspecified atom stereocenters. The van der Waals surface area contributed by atoms with Crippen LogP contribution in [-0.2, 0) is 64.3 Å². The fraction of sp³-hybridized carbons (Fsp3) is 0.409. The number of hydrogen-bond acceptors (Lipinski definition) is 9. The number of nitrogens with two attached hydrogens (primary N) is 1. The maximum Gasteiger partial charge on any atom is 0.300 e. The van der Waals surface area contributed by atoms with Gasteiger partial charge in [0.05, 0.1) is 58.9 Å². The van der Waals surface area contributed by atoms with Gasteiger partial charge in [-0.2, -0.15) is 0 Å². The topological polar surface area (TPSA) is 99.9 Å². The first kappa shape index (κ1) is 37.4. The van der Waals surface area contributed by atoms with Gasteiger partial charge in [0.25, 0.3) is 5.97 Å². The molecule has 4 aliphatic rings. The SMILES string of the molecule is CC12COC([C@@H](N)CC#C[C@@H]3O[C@H](COCc4ccccc4)[C@H](OCc4ccccc4)[C@H](OCc4ccccc4)[C@H]3OCc3ccccc3)(OC1)OC2. The van der Waals surface area contributed by atoms with Gasteiger partial charge in [-0.1, -0.05) is 140 Å². The summed E-state index contributed by atoms with van der Waals surface area (Å²) in [5, 5.41) is 0. The lowest BCUT2D eigenvalue weighted by Crippen LogP contribution is -2.65. The maximum atomic E-state index is 6.85. The first-order valence-corrected chi connectivity index (χ1v) is 18.4. The van der Waals surface area contributed by atoms with E-state index in [1.807, 2.05) is 121 Å². The second-order valence-corrected chi connectivity index (χ2v) is 14.3. The van der Waals surface area contributed by atoms with E-state index < -0.39 is 42.5 Å². The number of fused-ring (bicyclic) bond motifs is 3. The van der Waals surface area contributed by atoms with Gasteiger partial charge in [-0.25, -0.2) is 0 Å². The molecule has 8 rings (SSSR count). The highest BCUT2D eigenvalue weighted by Gasteiger charge is 2.54. The van der Waals surface area contributed by atoms with Crippen molar-refractivity contribution < 1.29 is 37.9 Å². The Morgan fingerprint density at radius 2 is 1.06 bits per heavy atom. The fourth-order valence-corrected chi connectivity index (χ4v) is 6.70. The molecule has 6 atom stereocenters. The molecule has 0 radical (unpaired) electrons. The van der Waals surface area contributed by atoms with Crippen LogP contribution < -0.4 is 5.73 Å². The maximum absolute atomic E-state index is 6.85. The van der Waals surface area contributed by atoms with Crippen LogP contribution in [0.25, 0.3) is 0 Å². The summed E-state index contributed by atoms with van der Waals surface area (Å²) >= 11 is 0. The molecule has 2 N–H and O–H groups in total. The molecule has 0 aliphatic carbocycles. The van der Waals surface area contributed by atoms with E-state index in [-0.39, 0.29) is 18.4 Å². The molecule has 0 spiro atoms. The molecule has 9 nitrogen and oxygen atoms in total. The van der Waals surface area contributed by atoms with E-state index in [0.29, 0.717) is 46.2 Å². The van der Waals surface area contributed by atoms with Gasteiger partial charge < -0.3 is 43.6 Å². The Labute approximate surface area is 312 Å². The minimum absolute atomic E-state index is 0.169. The second kappa shape index (κ2) is 17.9. The molecule has 9 heteroatoms. The smallest absolute Gasteiger partial charge is 0.300 e. The molecule has 278 valence electrons. The van der Waals surface area contributed by atoms with Gasteiger partial charge >= 0.3 is 0 Å². The van der Waals surface area contributed by atoms with Crippen LogP contribution in [0.1, 0.15) is 35.6 Å². The van der Waals surface area contributed by atoms with Crippen LogP contribution >= 0.6 is 0 Å². The van der Waals surface area contributed by atoms with Crippen molar-refractivity contribution in [2.75, 3.05) is 26.4 Å². The van der Waals surface area contributed by atoms with Crippen molar-refractivity contribution in [1.29, 1.82) is 0 Å². The molecule has 0 aromatic heterocycles. The standard InChI is InChI=1S/C44H49NO8/c1-43-30-50-44(51-31-43,52-32-43)39(45)24-14-23-37-40(47-26-34-17-8-3-9-18-34)42(49-28-36-21-12-5-13-22-36)41(48-27-35-19-10-4-11-20-35)38(53-37)29-46-25-33-15-6-2-7-16-33/h2-13,15-22,37-42H,24-32,45H2,1H3/t37-,38+,39-,40-,41-,42+,43?,44?/m0/s1. The van der Waals surface area contributed by atoms with Crippen molar-refractivity contribution in [3.63, 3.8) is 0 Å². The van der Waals surface area contributed by atoms with Gasteiger partial charge in [-0.05, 0) is 22.3 Å². The van der Waals surface area contributed by atoms with Gasteiger partial charge in [-0.15, -0.1) is 0 Å². The number of benzene rings is 4. The van der Waals surface area contributed by atoms with Crippen LogP contribution in [0, 0.1) is 17.3 Å². The van der Waals surface area contributed by atoms with Gasteiger partial charge in [-0.3, -0.25) is 0 Å². The third kappa shape index (κ3) is 9.80. The molecule has 0 saturated carbocycles. The van der Waals surface area contributed by atoms with Crippen molar-refractivity contribution in [3.8, 4) is 11.8 Å². The van der Waals surface area contributed by atoms with Crippen LogP contribution in [0.4, 0.5) is 0 Å². The van der Waals surface area contributed by atoms with Crippen molar-refractivity contribution >= 4 is 0 Å². The summed E-state index contributed by atoms with van der Waals surface area (Å²) in [6.07, 6.45) is -2.73. The highest BCUT2D eigenvalue weighted by Crippen LogP contribution is 2.40. The van der Waals surface area contributed by atoms with Crippen LogP contribution in [0.2, 0.25) is 0 Å². The molecule has 4 aromatic rings. The lowest BCUT2D eigenvalue weighted by molar-refractivity contribution is -0.471. The third-order valence-corrected chi connectivity index (χ3v) is 9.77. The Morgan fingerprint density at radius 3 is 1.55 bits per heavy atom. The van der Waals surface area contributed by atoms with Gasteiger partial charge in [0.2, 0.25) is 0 Å². The van der Waals surface area contributed by atoms with Crippen molar-refractivity contribution in [2.24, 2.45) is 11.1 Å². The van der Waals surface area contributed by atoms with E-state index in [1.54, 1.807) is 0 Å². The van der Waals surface area contributed by atoms with Gasteiger partial charge in [0, 0.05) is 11.8 Å². The Bertz CT molecular complexity index is 1720. The van der Waals surface area contributed by atoms with Crippen LogP contribution in [-0.4, -0.2) is 69.0 Å². The largest absolute Gasteiger partial charge is 0.374 e. The number of ether oxygens (including phenoxy) is 8. The van der Waals surface area contributed by atoms with Crippen LogP contribution in [0.5, 0.6) is 0 Å². The first-order chi connectivity index (χ1) is 26.0. The molecule has 53 heavy (non-hydrogen) atoms. The van der Waals surface area contributed by atoms with E-state index in [9.17, 15) is 0 Å². The number of rotatable bonds is 15. The normalized spacial score (nSPS) is 28.5. The van der Waals surface area contributed by atoms with E-state index >= 15 is 0 Å². The molecular formula is C44H49NO8. The van der Waals surface area contributed by atoms with E-state index in [2.05, 4.69) is 18.8 Å². The molecule has 0 amide bonds. The molecule has 4 saturated heterocycles. The fourth-order valence-electron chi connectivity index (χ4n) is 6.70. The summed E-state index contributed by atoms with van der Waals surface area (Å²) in [5.74, 6) is 5.33. The Morgan fingerprint density at radius 1 is 0.623 bits per heavy atom.